The van der Waals surface area contributed by atoms with E-state index < -0.39 is 23.2 Å². The molecule has 22 heavy (non-hydrogen) atoms. The Balaban J connectivity index is 2.66. The molecule has 5 heteroatoms. The highest BCUT2D eigenvalue weighted by molar-refractivity contribution is 6.01. The molecule has 0 aromatic heterocycles. The van der Waals surface area contributed by atoms with E-state index in [1.165, 1.54) is 0 Å². The summed E-state index contributed by atoms with van der Waals surface area (Å²) in [7, 11) is 0. The minimum atomic E-state index is -0.746. The van der Waals surface area contributed by atoms with Crippen LogP contribution in [0.5, 0.6) is 0 Å². The number of imide groups is 1. The van der Waals surface area contributed by atoms with Crippen LogP contribution in [-0.4, -0.2) is 22.8 Å². The van der Waals surface area contributed by atoms with Gasteiger partial charge in [0.2, 0.25) is 0 Å². The maximum Gasteiger partial charge on any atom is 0.338 e. The van der Waals surface area contributed by atoms with Gasteiger partial charge in [0.05, 0.1) is 5.41 Å². The first-order valence-electron chi connectivity index (χ1n) is 8.03. The van der Waals surface area contributed by atoms with E-state index in [4.69, 9.17) is 4.84 Å². The van der Waals surface area contributed by atoms with Crippen LogP contribution < -0.4 is 0 Å². The second-order valence-electron chi connectivity index (χ2n) is 8.12. The average molecular weight is 311 g/mol. The molecule has 1 fully saturated rings. The predicted octanol–water partition coefficient (Wildman–Crippen LogP) is 3.47. The van der Waals surface area contributed by atoms with Gasteiger partial charge in [-0.1, -0.05) is 34.1 Å². The molecule has 1 aliphatic rings. The fourth-order valence-corrected chi connectivity index (χ4v) is 2.90. The number of hydrogen-bond acceptors (Lipinski definition) is 4. The molecule has 0 aromatic rings. The van der Waals surface area contributed by atoms with E-state index in [9.17, 15) is 14.4 Å². The van der Waals surface area contributed by atoms with Crippen molar-refractivity contribution >= 4 is 17.8 Å². The molecular weight excluding hydrogens is 282 g/mol. The fourth-order valence-electron chi connectivity index (χ4n) is 2.90. The van der Waals surface area contributed by atoms with Crippen LogP contribution in [0.15, 0.2) is 0 Å². The Morgan fingerprint density at radius 2 is 1.64 bits per heavy atom. The molecule has 0 radical (unpaired) electrons. The summed E-state index contributed by atoms with van der Waals surface area (Å²) in [6, 6.07) is 0. The largest absolute Gasteiger partial charge is 0.338 e. The summed E-state index contributed by atoms with van der Waals surface area (Å²) in [5.41, 5.74) is -0.755. The van der Waals surface area contributed by atoms with Crippen molar-refractivity contribution in [2.75, 3.05) is 0 Å². The smallest absolute Gasteiger partial charge is 0.330 e. The Bertz CT molecular complexity index is 436. The molecule has 0 N–H and O–H groups in total. The summed E-state index contributed by atoms with van der Waals surface area (Å²) in [5, 5.41) is 0.630. The molecular formula is C17H29NO4. The first kappa shape index (κ1) is 18.7. The van der Waals surface area contributed by atoms with E-state index in [1.54, 1.807) is 13.8 Å². The molecule has 0 unspecified atom stereocenters. The summed E-state index contributed by atoms with van der Waals surface area (Å²) < 4.78 is 0. The van der Waals surface area contributed by atoms with Crippen LogP contribution in [0.4, 0.5) is 0 Å². The van der Waals surface area contributed by atoms with Crippen molar-refractivity contribution in [1.29, 1.82) is 0 Å². The molecule has 5 nitrogen and oxygen atoms in total. The average Bonchev–Trinajstić information content (AvgIpc) is 2.67. The van der Waals surface area contributed by atoms with Crippen LogP contribution in [0.2, 0.25) is 0 Å². The minimum Gasteiger partial charge on any atom is -0.330 e. The van der Waals surface area contributed by atoms with Gasteiger partial charge in [0.25, 0.3) is 11.8 Å². The zero-order valence-corrected chi connectivity index (χ0v) is 14.7. The maximum atomic E-state index is 12.4. The van der Waals surface area contributed by atoms with Gasteiger partial charge in [-0.25, -0.2) is 4.79 Å². The molecule has 0 bridgehead atoms. The lowest BCUT2D eigenvalue weighted by Crippen LogP contribution is -2.39. The number of hydroxylamine groups is 2. The van der Waals surface area contributed by atoms with Gasteiger partial charge in [-0.05, 0) is 38.0 Å². The lowest BCUT2D eigenvalue weighted by molar-refractivity contribution is -0.205. The molecule has 0 saturated carbocycles. The van der Waals surface area contributed by atoms with Crippen LogP contribution in [0, 0.1) is 16.7 Å². The lowest BCUT2D eigenvalue weighted by atomic mass is 9.72. The van der Waals surface area contributed by atoms with Crippen molar-refractivity contribution in [3.8, 4) is 0 Å². The van der Waals surface area contributed by atoms with Crippen molar-refractivity contribution < 1.29 is 19.2 Å². The third-order valence-corrected chi connectivity index (χ3v) is 4.05. The highest BCUT2D eigenvalue weighted by Crippen LogP contribution is 2.39. The van der Waals surface area contributed by atoms with Crippen molar-refractivity contribution in [1.82, 2.24) is 5.06 Å². The lowest BCUT2D eigenvalue weighted by Gasteiger charge is -2.34. The summed E-state index contributed by atoms with van der Waals surface area (Å²) in [5.74, 6) is -0.774. The Kier molecular flexibility index (Phi) is 5.76. The molecule has 1 rings (SSSR count). The first-order valence-corrected chi connectivity index (χ1v) is 8.03. The van der Waals surface area contributed by atoms with Gasteiger partial charge in [0.1, 0.15) is 0 Å². The highest BCUT2D eigenvalue weighted by Gasteiger charge is 2.40. The van der Waals surface area contributed by atoms with E-state index in [0.717, 1.165) is 12.8 Å². The molecule has 0 aromatic carbocycles. The monoisotopic (exact) mass is 311 g/mol. The Morgan fingerprint density at radius 3 is 2.09 bits per heavy atom. The van der Waals surface area contributed by atoms with E-state index in [1.807, 2.05) is 0 Å². The van der Waals surface area contributed by atoms with E-state index in [2.05, 4.69) is 27.7 Å². The van der Waals surface area contributed by atoms with E-state index in [0.29, 0.717) is 17.4 Å². The van der Waals surface area contributed by atoms with E-state index in [-0.39, 0.29) is 18.3 Å². The normalized spacial score (nSPS) is 16.6. The van der Waals surface area contributed by atoms with Gasteiger partial charge in [0, 0.05) is 12.8 Å². The summed E-state index contributed by atoms with van der Waals surface area (Å²) >= 11 is 0. The second-order valence-corrected chi connectivity index (χ2v) is 8.12. The van der Waals surface area contributed by atoms with Crippen LogP contribution in [0.3, 0.4) is 0 Å². The van der Waals surface area contributed by atoms with Crippen LogP contribution in [0.1, 0.15) is 73.6 Å². The zero-order valence-electron chi connectivity index (χ0n) is 14.7. The van der Waals surface area contributed by atoms with Gasteiger partial charge in [-0.15, -0.1) is 5.06 Å². The minimum absolute atomic E-state index is 0.00812. The number of carbonyl (C=O) groups excluding carboxylic acids is 3. The number of nitrogens with zero attached hydrogens (tertiary/aromatic N) is 1. The molecule has 2 amide bonds. The van der Waals surface area contributed by atoms with Crippen molar-refractivity contribution in [2.45, 2.75) is 73.6 Å². The fraction of sp³-hybridized carbons (Fsp3) is 0.824. The van der Waals surface area contributed by atoms with Crippen molar-refractivity contribution in [2.24, 2.45) is 16.7 Å². The number of hydrogen-bond donors (Lipinski definition) is 0. The van der Waals surface area contributed by atoms with Gasteiger partial charge in [-0.2, -0.15) is 0 Å². The second kappa shape index (κ2) is 6.80. The standard InChI is InChI=1S/C17H29NO4/c1-12(2)9-10-16(3,4)11-17(5,6)15(21)22-18-13(19)7-8-14(18)20/h12H,7-11H2,1-6H3. The Labute approximate surface area is 133 Å². The third-order valence-electron chi connectivity index (χ3n) is 4.05. The number of amides is 2. The molecule has 0 atom stereocenters. The Hall–Kier alpha value is -1.39. The maximum absolute atomic E-state index is 12.4. The molecule has 1 saturated heterocycles. The van der Waals surface area contributed by atoms with Crippen LogP contribution in [0.25, 0.3) is 0 Å². The summed E-state index contributed by atoms with van der Waals surface area (Å²) in [6.45, 7) is 12.2. The summed E-state index contributed by atoms with van der Waals surface area (Å²) in [4.78, 5) is 40.5. The van der Waals surface area contributed by atoms with Gasteiger partial charge in [-0.3, -0.25) is 9.59 Å². The molecule has 126 valence electrons. The summed E-state index contributed by atoms with van der Waals surface area (Å²) in [6.07, 6.45) is 2.99. The van der Waals surface area contributed by atoms with Crippen LogP contribution >= 0.6 is 0 Å². The SMILES string of the molecule is CC(C)CCC(C)(C)CC(C)(C)C(=O)ON1C(=O)CCC1=O. The van der Waals surface area contributed by atoms with Crippen LogP contribution in [-0.2, 0) is 19.2 Å². The Morgan fingerprint density at radius 1 is 1.14 bits per heavy atom. The predicted molar refractivity (Wildman–Crippen MR) is 83.4 cm³/mol. The van der Waals surface area contributed by atoms with Gasteiger partial charge < -0.3 is 4.84 Å². The molecule has 0 spiro atoms. The molecule has 1 aliphatic heterocycles. The van der Waals surface area contributed by atoms with Gasteiger partial charge in [0.15, 0.2) is 0 Å². The van der Waals surface area contributed by atoms with E-state index >= 15 is 0 Å². The molecule has 1 heterocycles. The number of rotatable bonds is 7. The first-order chi connectivity index (χ1) is 9.94. The number of carbonyl (C=O) groups is 3. The quantitative estimate of drug-likeness (QED) is 0.675. The van der Waals surface area contributed by atoms with Gasteiger partial charge >= 0.3 is 5.97 Å². The van der Waals surface area contributed by atoms with Crippen molar-refractivity contribution in [3.63, 3.8) is 0 Å². The topological polar surface area (TPSA) is 63.7 Å². The highest BCUT2D eigenvalue weighted by atomic mass is 16.7. The van der Waals surface area contributed by atoms with Crippen molar-refractivity contribution in [3.05, 3.63) is 0 Å². The third kappa shape index (κ3) is 5.11. The zero-order chi connectivity index (χ0) is 17.1. The molecule has 0 aliphatic carbocycles.